The first-order chi connectivity index (χ1) is 3.79. The van der Waals surface area contributed by atoms with E-state index in [2.05, 4.69) is 13.0 Å². The lowest BCUT2D eigenvalue weighted by atomic mass is 10.1. The smallest absolute Gasteiger partial charge is 0.0905 e. The Hall–Kier alpha value is -0.460. The van der Waals surface area contributed by atoms with Crippen LogP contribution in [-0.2, 0) is 4.74 Å². The van der Waals surface area contributed by atoms with E-state index in [1.54, 1.807) is 0 Å². The van der Waals surface area contributed by atoms with E-state index in [-0.39, 0.29) is 0 Å². The van der Waals surface area contributed by atoms with Crippen LogP contribution >= 0.6 is 0 Å². The highest BCUT2D eigenvalue weighted by Crippen LogP contribution is 2.13. The van der Waals surface area contributed by atoms with Crippen LogP contribution < -0.4 is 0 Å². The summed E-state index contributed by atoms with van der Waals surface area (Å²) in [6, 6.07) is 0. The van der Waals surface area contributed by atoms with E-state index in [1.807, 2.05) is 6.92 Å². The molecule has 0 bridgehead atoms. The topological polar surface area (TPSA) is 9.23 Å². The van der Waals surface area contributed by atoms with Gasteiger partial charge in [-0.2, -0.15) is 0 Å². The Balaban J connectivity index is 2.42. The predicted molar refractivity (Wildman–Crippen MR) is 33.5 cm³/mol. The van der Waals surface area contributed by atoms with E-state index in [4.69, 9.17) is 4.74 Å². The lowest BCUT2D eigenvalue weighted by Crippen LogP contribution is -2.08. The van der Waals surface area contributed by atoms with Crippen molar-refractivity contribution in [2.75, 3.05) is 6.61 Å². The fourth-order valence-corrected chi connectivity index (χ4v) is 0.768. The summed E-state index contributed by atoms with van der Waals surface area (Å²) >= 11 is 0. The maximum atomic E-state index is 5.25. The molecule has 8 heavy (non-hydrogen) atoms. The fourth-order valence-electron chi connectivity index (χ4n) is 0.768. The molecule has 0 fully saturated rings. The normalized spacial score (nSPS) is 28.8. The van der Waals surface area contributed by atoms with Gasteiger partial charge in [-0.05, 0) is 25.3 Å². The molecule has 0 radical (unpaired) electrons. The van der Waals surface area contributed by atoms with Crippen molar-refractivity contribution in [1.82, 2.24) is 0 Å². The molecule has 1 rings (SSSR count). The highest BCUT2D eigenvalue weighted by atomic mass is 16.5. The third-order valence-corrected chi connectivity index (χ3v) is 1.40. The highest BCUT2D eigenvalue weighted by molar-refractivity contribution is 4.92. The standard InChI is InChI=1S/C7H12O/c1-6-3-4-7(2)8-5-6/h4,6H,3,5H2,1-2H3. The Labute approximate surface area is 50.3 Å². The molecule has 1 aliphatic rings. The van der Waals surface area contributed by atoms with Crippen LogP contribution in [0.1, 0.15) is 20.3 Å². The molecule has 0 spiro atoms. The SMILES string of the molecule is CC1=CCC(C)CO1. The number of rotatable bonds is 0. The molecule has 0 amide bonds. The van der Waals surface area contributed by atoms with Crippen molar-refractivity contribution in [3.8, 4) is 0 Å². The minimum Gasteiger partial charge on any atom is -0.498 e. The monoisotopic (exact) mass is 112 g/mol. The molecule has 0 N–H and O–H groups in total. The Kier molecular flexibility index (Phi) is 1.56. The summed E-state index contributed by atoms with van der Waals surface area (Å²) in [5.74, 6) is 1.81. The molecule has 1 heterocycles. The molecule has 0 aliphatic carbocycles. The minimum absolute atomic E-state index is 0.721. The molecule has 1 atom stereocenters. The molecule has 46 valence electrons. The lowest BCUT2D eigenvalue weighted by Gasteiger charge is -2.16. The predicted octanol–water partition coefficient (Wildman–Crippen LogP) is 1.95. The second kappa shape index (κ2) is 2.21. The van der Waals surface area contributed by atoms with Crippen molar-refractivity contribution in [3.05, 3.63) is 11.8 Å². The molecular weight excluding hydrogens is 100 g/mol. The molecule has 0 aromatic carbocycles. The first-order valence-corrected chi connectivity index (χ1v) is 3.08. The Morgan fingerprint density at radius 1 is 1.75 bits per heavy atom. The van der Waals surface area contributed by atoms with Gasteiger partial charge in [0.25, 0.3) is 0 Å². The minimum atomic E-state index is 0.721. The first-order valence-electron chi connectivity index (χ1n) is 3.08. The van der Waals surface area contributed by atoms with Gasteiger partial charge in [-0.3, -0.25) is 0 Å². The van der Waals surface area contributed by atoms with Gasteiger partial charge < -0.3 is 4.74 Å². The summed E-state index contributed by atoms with van der Waals surface area (Å²) in [5.41, 5.74) is 0. The Bertz CT molecular complexity index is 105. The van der Waals surface area contributed by atoms with Crippen molar-refractivity contribution in [2.24, 2.45) is 5.92 Å². The van der Waals surface area contributed by atoms with Crippen LogP contribution in [0.25, 0.3) is 0 Å². The molecule has 0 aromatic heterocycles. The largest absolute Gasteiger partial charge is 0.498 e. The van der Waals surface area contributed by atoms with E-state index in [9.17, 15) is 0 Å². The van der Waals surface area contributed by atoms with Crippen molar-refractivity contribution < 1.29 is 4.74 Å². The summed E-state index contributed by atoms with van der Waals surface area (Å²) in [7, 11) is 0. The van der Waals surface area contributed by atoms with Crippen LogP contribution in [0.15, 0.2) is 11.8 Å². The molecule has 1 heteroatoms. The van der Waals surface area contributed by atoms with Gasteiger partial charge in [0, 0.05) is 0 Å². The zero-order chi connectivity index (χ0) is 5.98. The summed E-state index contributed by atoms with van der Waals surface area (Å²) < 4.78 is 5.25. The second-order valence-corrected chi connectivity index (χ2v) is 2.47. The zero-order valence-electron chi connectivity index (χ0n) is 5.48. The summed E-state index contributed by atoms with van der Waals surface area (Å²) in [6.07, 6.45) is 3.33. The quantitative estimate of drug-likeness (QED) is 0.465. The molecule has 0 aromatic rings. The Morgan fingerprint density at radius 3 is 2.88 bits per heavy atom. The van der Waals surface area contributed by atoms with E-state index in [0.717, 1.165) is 18.3 Å². The molecule has 1 aliphatic heterocycles. The van der Waals surface area contributed by atoms with Crippen LogP contribution in [0.5, 0.6) is 0 Å². The van der Waals surface area contributed by atoms with Crippen molar-refractivity contribution in [3.63, 3.8) is 0 Å². The molecule has 1 nitrogen and oxygen atoms in total. The van der Waals surface area contributed by atoms with Gasteiger partial charge in [0.2, 0.25) is 0 Å². The van der Waals surface area contributed by atoms with Crippen LogP contribution in [0, 0.1) is 5.92 Å². The fraction of sp³-hybridized carbons (Fsp3) is 0.714. The van der Waals surface area contributed by atoms with Gasteiger partial charge in [-0.1, -0.05) is 6.92 Å². The van der Waals surface area contributed by atoms with Crippen LogP contribution in [0.2, 0.25) is 0 Å². The van der Waals surface area contributed by atoms with Gasteiger partial charge in [-0.15, -0.1) is 0 Å². The van der Waals surface area contributed by atoms with Crippen molar-refractivity contribution >= 4 is 0 Å². The summed E-state index contributed by atoms with van der Waals surface area (Å²) in [5, 5.41) is 0. The second-order valence-electron chi connectivity index (χ2n) is 2.47. The van der Waals surface area contributed by atoms with Crippen LogP contribution in [0.4, 0.5) is 0 Å². The van der Waals surface area contributed by atoms with Crippen LogP contribution in [0.3, 0.4) is 0 Å². The molecule has 0 saturated heterocycles. The maximum Gasteiger partial charge on any atom is 0.0905 e. The number of hydrogen-bond donors (Lipinski definition) is 0. The van der Waals surface area contributed by atoms with Gasteiger partial charge in [0.1, 0.15) is 0 Å². The lowest BCUT2D eigenvalue weighted by molar-refractivity contribution is 0.156. The third-order valence-electron chi connectivity index (χ3n) is 1.40. The summed E-state index contributed by atoms with van der Waals surface area (Å²) in [6.45, 7) is 5.11. The average Bonchev–Trinajstić information content (AvgIpc) is 1.77. The van der Waals surface area contributed by atoms with E-state index >= 15 is 0 Å². The highest BCUT2D eigenvalue weighted by Gasteiger charge is 2.05. The van der Waals surface area contributed by atoms with Crippen molar-refractivity contribution in [1.29, 1.82) is 0 Å². The number of allylic oxidation sites excluding steroid dienone is 2. The molecule has 1 unspecified atom stereocenters. The number of ether oxygens (including phenoxy) is 1. The number of hydrogen-bond acceptors (Lipinski definition) is 1. The van der Waals surface area contributed by atoms with Gasteiger partial charge in [0.15, 0.2) is 0 Å². The maximum absolute atomic E-state index is 5.25. The average molecular weight is 112 g/mol. The van der Waals surface area contributed by atoms with Gasteiger partial charge in [0.05, 0.1) is 12.4 Å². The third kappa shape index (κ3) is 1.25. The van der Waals surface area contributed by atoms with E-state index in [0.29, 0.717) is 0 Å². The molecule has 0 saturated carbocycles. The van der Waals surface area contributed by atoms with Crippen LogP contribution in [-0.4, -0.2) is 6.61 Å². The molecular formula is C7H12O. The summed E-state index contributed by atoms with van der Waals surface area (Å²) in [4.78, 5) is 0. The van der Waals surface area contributed by atoms with Crippen molar-refractivity contribution in [2.45, 2.75) is 20.3 Å². The van der Waals surface area contributed by atoms with E-state index in [1.165, 1.54) is 6.42 Å². The van der Waals surface area contributed by atoms with Gasteiger partial charge in [-0.25, -0.2) is 0 Å². The van der Waals surface area contributed by atoms with Gasteiger partial charge >= 0.3 is 0 Å². The first kappa shape index (κ1) is 5.67. The zero-order valence-corrected chi connectivity index (χ0v) is 5.48. The Morgan fingerprint density at radius 2 is 2.50 bits per heavy atom. The van der Waals surface area contributed by atoms with E-state index < -0.39 is 0 Å².